The number of aromatic amines is 1. The number of nitrogens with one attached hydrogen (secondary N) is 3. The largest absolute Gasteiger partial charge is 0.456 e. The molecule has 5 aromatic rings. The maximum atomic E-state index is 14.1. The molecule has 1 amide bonds. The number of allylic oxidation sites excluding steroid dienone is 1. The molecule has 0 bridgehead atoms. The van der Waals surface area contributed by atoms with Crippen LogP contribution in [-0.2, 0) is 14.8 Å². The number of anilines is 2. The number of morpholine rings is 1. The number of ether oxygens (including phenoxy) is 2. The second-order valence-corrected chi connectivity index (χ2v) is 21.0. The minimum absolute atomic E-state index is 0.00384. The number of nitro groups is 1. The van der Waals surface area contributed by atoms with Gasteiger partial charge in [-0.3, -0.25) is 24.7 Å². The summed E-state index contributed by atoms with van der Waals surface area (Å²) in [6, 6.07) is 25.0. The first-order chi connectivity index (χ1) is 31.8. The average molecular weight is 937 g/mol. The number of H-pyrrole nitrogens is 1. The van der Waals surface area contributed by atoms with Crippen LogP contribution in [0.15, 0.2) is 102 Å². The van der Waals surface area contributed by atoms with Crippen LogP contribution in [0.4, 0.5) is 17.1 Å². The topological polar surface area (TPSA) is 162 Å². The summed E-state index contributed by atoms with van der Waals surface area (Å²) in [5.74, 6) is -0.265. The number of halogens is 1. The number of nitro benzene ring substituents is 1. The van der Waals surface area contributed by atoms with Gasteiger partial charge in [-0.15, -0.1) is 0 Å². The molecule has 16 heteroatoms. The van der Waals surface area contributed by atoms with E-state index in [9.17, 15) is 23.3 Å². The number of carbonyl (C=O) groups is 1. The van der Waals surface area contributed by atoms with E-state index in [4.69, 9.17) is 21.1 Å². The van der Waals surface area contributed by atoms with E-state index in [1.807, 2.05) is 36.4 Å². The number of hydrogen-bond acceptors (Lipinski definition) is 11. The summed E-state index contributed by atoms with van der Waals surface area (Å²) in [7, 11) is -4.56. The molecule has 66 heavy (non-hydrogen) atoms. The maximum absolute atomic E-state index is 14.1. The lowest BCUT2D eigenvalue weighted by Crippen LogP contribution is -2.47. The van der Waals surface area contributed by atoms with Crippen LogP contribution in [0.25, 0.3) is 16.5 Å². The van der Waals surface area contributed by atoms with E-state index in [0.717, 1.165) is 132 Å². The van der Waals surface area contributed by atoms with E-state index in [1.54, 1.807) is 24.4 Å². The smallest absolute Gasteiger partial charge is 0.293 e. The number of hydrogen-bond donors (Lipinski definition) is 3. The van der Waals surface area contributed by atoms with Crippen molar-refractivity contribution in [2.24, 2.45) is 5.41 Å². The molecule has 1 aromatic heterocycles. The fourth-order valence-electron chi connectivity index (χ4n) is 10.1. The van der Waals surface area contributed by atoms with Crippen LogP contribution >= 0.6 is 11.6 Å². The van der Waals surface area contributed by atoms with Gasteiger partial charge >= 0.3 is 0 Å². The van der Waals surface area contributed by atoms with Gasteiger partial charge in [-0.2, -0.15) is 0 Å². The average Bonchev–Trinajstić information content (AvgIpc) is 3.81. The molecular weight excluding hydrogens is 878 g/mol. The van der Waals surface area contributed by atoms with Crippen molar-refractivity contribution in [3.05, 3.63) is 123 Å². The molecule has 0 radical (unpaired) electrons. The Labute approximate surface area is 391 Å². The molecule has 3 N–H and O–H groups in total. The van der Waals surface area contributed by atoms with Gasteiger partial charge in [-0.25, -0.2) is 13.1 Å². The SMILES string of the molecule is CC1(C)CCC(CN2CCN(c3ccc(C(=O)NS(=O)(=O)c4ccc(N[C@H]5CC[C@H](N6CCOCC6)CC5)c([N+](=O)[O-])c4)c(Oc4cccc5[nH]ccc45)c3)CC2)=C(c2ccc(Cl)cc2)C1. The van der Waals surface area contributed by atoms with Gasteiger partial charge in [-0.1, -0.05) is 49.2 Å². The van der Waals surface area contributed by atoms with Crippen LogP contribution in [0.1, 0.15) is 74.7 Å². The lowest BCUT2D eigenvalue weighted by molar-refractivity contribution is -0.384. The van der Waals surface area contributed by atoms with Crippen LogP contribution in [0.5, 0.6) is 11.5 Å². The number of sulfonamides is 1. The van der Waals surface area contributed by atoms with Gasteiger partial charge in [0.1, 0.15) is 17.2 Å². The second-order valence-electron chi connectivity index (χ2n) is 18.8. The Morgan fingerprint density at radius 1 is 0.924 bits per heavy atom. The standard InChI is InChI=1S/C50H58ClN7O7S/c1-50(2)20-18-35(43(32-50)34-6-8-36(51)9-7-34)33-55-22-24-56(25-23-55)39-14-16-42(48(30-39)65-47-5-3-4-44-41(47)19-21-52-44)49(59)54-66(62,63)40-15-17-45(46(31-40)58(60)61)53-37-10-12-38(13-11-37)57-26-28-64-29-27-57/h3-9,14-17,19,21,30-31,37-38,52-53H,10-13,18,20,22-29,32-33H2,1-2H3,(H,54,59)/t37-,38-. The molecule has 1 saturated carbocycles. The fourth-order valence-corrected chi connectivity index (χ4v) is 11.2. The third kappa shape index (κ3) is 10.4. The van der Waals surface area contributed by atoms with Crippen molar-refractivity contribution in [3.63, 3.8) is 0 Å². The minimum atomic E-state index is -4.56. The van der Waals surface area contributed by atoms with Crippen molar-refractivity contribution < 1.29 is 27.6 Å². The Balaban J connectivity index is 0.910. The van der Waals surface area contributed by atoms with Crippen molar-refractivity contribution >= 4 is 61.1 Å². The first-order valence-electron chi connectivity index (χ1n) is 23.0. The van der Waals surface area contributed by atoms with Gasteiger partial charge in [0.2, 0.25) is 0 Å². The highest BCUT2D eigenvalue weighted by molar-refractivity contribution is 7.90. The van der Waals surface area contributed by atoms with Gasteiger partial charge in [-0.05, 0) is 116 Å². The Morgan fingerprint density at radius 2 is 1.68 bits per heavy atom. The van der Waals surface area contributed by atoms with Crippen molar-refractivity contribution in [2.45, 2.75) is 75.8 Å². The summed E-state index contributed by atoms with van der Waals surface area (Å²) < 4.78 is 41.9. The van der Waals surface area contributed by atoms with Crippen molar-refractivity contribution in [1.29, 1.82) is 0 Å². The summed E-state index contributed by atoms with van der Waals surface area (Å²) in [4.78, 5) is 35.8. The number of aromatic nitrogens is 1. The van der Waals surface area contributed by atoms with Gasteiger partial charge in [0.25, 0.3) is 21.6 Å². The summed E-state index contributed by atoms with van der Waals surface area (Å²) in [5, 5.41) is 17.2. The highest BCUT2D eigenvalue weighted by Crippen LogP contribution is 2.44. The third-order valence-corrected chi connectivity index (χ3v) is 15.4. The summed E-state index contributed by atoms with van der Waals surface area (Å²) >= 11 is 6.26. The number of piperazine rings is 1. The molecule has 0 atom stereocenters. The van der Waals surface area contributed by atoms with Crippen molar-refractivity contribution in [3.8, 4) is 11.5 Å². The molecule has 2 saturated heterocycles. The Kier molecular flexibility index (Phi) is 13.4. The molecule has 348 valence electrons. The predicted molar refractivity (Wildman–Crippen MR) is 259 cm³/mol. The Hall–Kier alpha value is -5.45. The third-order valence-electron chi connectivity index (χ3n) is 13.8. The molecule has 3 fully saturated rings. The molecule has 2 aliphatic heterocycles. The molecule has 14 nitrogen and oxygen atoms in total. The summed E-state index contributed by atoms with van der Waals surface area (Å²) in [5.41, 5.74) is 5.88. The zero-order valence-electron chi connectivity index (χ0n) is 37.6. The first-order valence-corrected chi connectivity index (χ1v) is 24.9. The van der Waals surface area contributed by atoms with Crippen LogP contribution in [0.2, 0.25) is 5.02 Å². The fraction of sp³-hybridized carbons (Fsp3) is 0.420. The summed E-state index contributed by atoms with van der Waals surface area (Å²) in [6.07, 6.45) is 8.58. The minimum Gasteiger partial charge on any atom is -0.456 e. The van der Waals surface area contributed by atoms with Crippen molar-refractivity contribution in [2.75, 3.05) is 69.2 Å². The Bertz CT molecular complexity index is 2720. The maximum Gasteiger partial charge on any atom is 0.293 e. The highest BCUT2D eigenvalue weighted by atomic mass is 35.5. The zero-order chi connectivity index (χ0) is 46.0. The van der Waals surface area contributed by atoms with E-state index in [-0.39, 0.29) is 34.1 Å². The number of nitrogens with zero attached hydrogens (tertiary/aromatic N) is 4. The highest BCUT2D eigenvalue weighted by Gasteiger charge is 2.32. The lowest BCUT2D eigenvalue weighted by Gasteiger charge is -2.39. The van der Waals surface area contributed by atoms with Crippen molar-refractivity contribution in [1.82, 2.24) is 19.5 Å². The van der Waals surface area contributed by atoms with E-state index in [0.29, 0.717) is 11.8 Å². The Morgan fingerprint density at radius 3 is 2.42 bits per heavy atom. The lowest BCUT2D eigenvalue weighted by atomic mass is 9.72. The monoisotopic (exact) mass is 935 g/mol. The quantitative estimate of drug-likeness (QED) is 0.0762. The zero-order valence-corrected chi connectivity index (χ0v) is 39.1. The molecule has 4 aliphatic rings. The van der Waals surface area contributed by atoms with E-state index >= 15 is 0 Å². The van der Waals surface area contributed by atoms with E-state index in [2.05, 4.69) is 55.7 Å². The van der Waals surface area contributed by atoms with E-state index in [1.165, 1.54) is 28.8 Å². The molecule has 2 aliphatic carbocycles. The summed E-state index contributed by atoms with van der Waals surface area (Å²) in [6.45, 7) is 12.0. The molecule has 4 aromatic carbocycles. The number of rotatable bonds is 13. The van der Waals surface area contributed by atoms with Gasteiger partial charge in [0.15, 0.2) is 0 Å². The van der Waals surface area contributed by atoms with Crippen LogP contribution in [0.3, 0.4) is 0 Å². The predicted octanol–water partition coefficient (Wildman–Crippen LogP) is 9.48. The molecule has 3 heterocycles. The van der Waals surface area contributed by atoms with Crippen LogP contribution in [0, 0.1) is 15.5 Å². The van der Waals surface area contributed by atoms with Crippen LogP contribution in [-0.4, -0.2) is 105 Å². The molecular formula is C50H58ClN7O7S. The first kappa shape index (κ1) is 45.7. The van der Waals surface area contributed by atoms with E-state index < -0.39 is 25.7 Å². The number of fused-ring (bicyclic) bond motifs is 1. The number of carbonyl (C=O) groups excluding carboxylic acids is 1. The van der Waals surface area contributed by atoms with Gasteiger partial charge in [0.05, 0.1) is 28.6 Å². The molecule has 0 unspecified atom stereocenters. The normalized spacial score (nSPS) is 20.9. The second kappa shape index (κ2) is 19.4. The molecule has 0 spiro atoms. The van der Waals surface area contributed by atoms with Gasteiger partial charge < -0.3 is 24.7 Å². The molecule has 9 rings (SSSR count). The van der Waals surface area contributed by atoms with Gasteiger partial charge in [0, 0.05) is 97.8 Å². The van der Waals surface area contributed by atoms with Crippen LogP contribution < -0.4 is 19.7 Å². The number of benzene rings is 4. The number of amides is 1.